The van der Waals surface area contributed by atoms with E-state index in [9.17, 15) is 4.79 Å². The van der Waals surface area contributed by atoms with Crippen LogP contribution < -0.4 is 10.1 Å². The molecule has 0 aliphatic carbocycles. The lowest BCUT2D eigenvalue weighted by atomic mass is 10.2. The van der Waals surface area contributed by atoms with E-state index in [0.717, 1.165) is 30.9 Å². The maximum atomic E-state index is 12.5. The van der Waals surface area contributed by atoms with Crippen LogP contribution in [-0.4, -0.2) is 68.4 Å². The molecule has 1 aromatic rings. The van der Waals surface area contributed by atoms with Crippen molar-refractivity contribution in [3.63, 3.8) is 0 Å². The lowest BCUT2D eigenvalue weighted by molar-refractivity contribution is 0.146. The molecule has 1 aromatic carbocycles. The predicted molar refractivity (Wildman–Crippen MR) is 93.6 cm³/mol. The summed E-state index contributed by atoms with van der Waals surface area (Å²) in [6.45, 7) is 5.06. The molecule has 0 bridgehead atoms. The van der Waals surface area contributed by atoms with Gasteiger partial charge in [0, 0.05) is 38.0 Å². The molecule has 132 valence electrons. The summed E-state index contributed by atoms with van der Waals surface area (Å²) < 4.78 is 10.6. The highest BCUT2D eigenvalue weighted by Crippen LogP contribution is 2.22. The summed E-state index contributed by atoms with van der Waals surface area (Å²) in [6, 6.07) is 8.00. The van der Waals surface area contributed by atoms with Crippen LogP contribution in [0.1, 0.15) is 19.3 Å². The first-order chi connectivity index (χ1) is 11.8. The van der Waals surface area contributed by atoms with E-state index in [1.807, 2.05) is 29.2 Å². The number of nitrogens with one attached hydrogen (secondary N) is 1. The van der Waals surface area contributed by atoms with E-state index in [1.165, 1.54) is 25.9 Å². The average Bonchev–Trinajstić information content (AvgIpc) is 3.27. The SMILES string of the molecule is COCCOc1cccc(NC(=O)N2CCC(N3CCCC3)C2)c1. The van der Waals surface area contributed by atoms with Gasteiger partial charge in [-0.1, -0.05) is 6.07 Å². The number of amides is 2. The van der Waals surface area contributed by atoms with Gasteiger partial charge in [0.25, 0.3) is 0 Å². The Balaban J connectivity index is 1.50. The first kappa shape index (κ1) is 17.0. The largest absolute Gasteiger partial charge is 0.491 e. The van der Waals surface area contributed by atoms with Gasteiger partial charge >= 0.3 is 6.03 Å². The number of anilines is 1. The summed E-state index contributed by atoms with van der Waals surface area (Å²) in [4.78, 5) is 16.9. The summed E-state index contributed by atoms with van der Waals surface area (Å²) in [6.07, 6.45) is 3.66. The van der Waals surface area contributed by atoms with Gasteiger partial charge in [0.05, 0.1) is 6.61 Å². The van der Waals surface area contributed by atoms with Crippen LogP contribution in [0.25, 0.3) is 0 Å². The van der Waals surface area contributed by atoms with E-state index in [4.69, 9.17) is 9.47 Å². The number of ether oxygens (including phenoxy) is 2. The number of urea groups is 1. The molecule has 3 rings (SSSR count). The molecule has 2 aliphatic rings. The Morgan fingerprint density at radius 2 is 2.08 bits per heavy atom. The molecule has 0 saturated carbocycles. The third-order valence-corrected chi connectivity index (χ3v) is 4.75. The molecular formula is C18H27N3O3. The fraction of sp³-hybridized carbons (Fsp3) is 0.611. The Kier molecular flexibility index (Phi) is 5.93. The van der Waals surface area contributed by atoms with Crippen LogP contribution in [0.4, 0.5) is 10.5 Å². The highest BCUT2D eigenvalue weighted by molar-refractivity contribution is 5.89. The Hall–Kier alpha value is -1.79. The summed E-state index contributed by atoms with van der Waals surface area (Å²) in [5.41, 5.74) is 0.763. The van der Waals surface area contributed by atoms with Crippen LogP contribution in [0.3, 0.4) is 0 Å². The maximum Gasteiger partial charge on any atom is 0.321 e. The minimum Gasteiger partial charge on any atom is -0.491 e. The Morgan fingerprint density at radius 3 is 2.88 bits per heavy atom. The second kappa shape index (κ2) is 8.35. The van der Waals surface area contributed by atoms with Crippen LogP contribution in [0.2, 0.25) is 0 Å². The second-order valence-electron chi connectivity index (χ2n) is 6.43. The lowest BCUT2D eigenvalue weighted by Crippen LogP contribution is -2.38. The molecule has 2 heterocycles. The van der Waals surface area contributed by atoms with Gasteiger partial charge in [-0.3, -0.25) is 4.90 Å². The van der Waals surface area contributed by atoms with E-state index < -0.39 is 0 Å². The van der Waals surface area contributed by atoms with Gasteiger partial charge < -0.3 is 19.7 Å². The number of carbonyl (C=O) groups excluding carboxylic acids is 1. The molecule has 0 spiro atoms. The van der Waals surface area contributed by atoms with Gasteiger partial charge in [-0.2, -0.15) is 0 Å². The van der Waals surface area contributed by atoms with E-state index in [0.29, 0.717) is 19.3 Å². The standard InChI is InChI=1S/C18H27N3O3/c1-23-11-12-24-17-6-4-5-15(13-17)19-18(22)21-10-7-16(14-21)20-8-2-3-9-20/h4-6,13,16H,2-3,7-12,14H2,1H3,(H,19,22). The van der Waals surface area contributed by atoms with Crippen molar-refractivity contribution in [3.05, 3.63) is 24.3 Å². The van der Waals surface area contributed by atoms with Crippen molar-refractivity contribution in [3.8, 4) is 5.75 Å². The Labute approximate surface area is 143 Å². The fourth-order valence-corrected chi connectivity index (χ4v) is 3.44. The molecule has 6 heteroatoms. The number of nitrogens with zero attached hydrogens (tertiary/aromatic N) is 2. The normalized spacial score (nSPS) is 21.2. The lowest BCUT2D eigenvalue weighted by Gasteiger charge is -2.23. The number of carbonyl (C=O) groups is 1. The van der Waals surface area contributed by atoms with E-state index in [2.05, 4.69) is 10.2 Å². The van der Waals surface area contributed by atoms with Crippen molar-refractivity contribution in [2.24, 2.45) is 0 Å². The second-order valence-corrected chi connectivity index (χ2v) is 6.43. The molecule has 2 saturated heterocycles. The Morgan fingerprint density at radius 1 is 1.25 bits per heavy atom. The van der Waals surface area contributed by atoms with Crippen LogP contribution in [-0.2, 0) is 4.74 Å². The van der Waals surface area contributed by atoms with Crippen molar-refractivity contribution in [1.82, 2.24) is 9.80 Å². The highest BCUT2D eigenvalue weighted by Gasteiger charge is 2.31. The maximum absolute atomic E-state index is 12.5. The zero-order valence-electron chi connectivity index (χ0n) is 14.4. The molecule has 6 nitrogen and oxygen atoms in total. The minimum atomic E-state index is -0.0225. The number of benzene rings is 1. The fourth-order valence-electron chi connectivity index (χ4n) is 3.44. The highest BCUT2D eigenvalue weighted by atomic mass is 16.5. The number of hydrogen-bond donors (Lipinski definition) is 1. The van der Waals surface area contributed by atoms with E-state index >= 15 is 0 Å². The molecule has 1 N–H and O–H groups in total. The summed E-state index contributed by atoms with van der Waals surface area (Å²) in [5, 5.41) is 2.98. The van der Waals surface area contributed by atoms with E-state index in [1.54, 1.807) is 7.11 Å². The molecule has 2 fully saturated rings. The van der Waals surface area contributed by atoms with Crippen molar-refractivity contribution >= 4 is 11.7 Å². The van der Waals surface area contributed by atoms with Crippen molar-refractivity contribution in [2.45, 2.75) is 25.3 Å². The molecule has 0 aromatic heterocycles. The number of rotatable bonds is 6. The first-order valence-corrected chi connectivity index (χ1v) is 8.78. The zero-order chi connectivity index (χ0) is 16.8. The predicted octanol–water partition coefficient (Wildman–Crippen LogP) is 2.41. The molecule has 2 amide bonds. The van der Waals surface area contributed by atoms with Crippen LogP contribution in [0.15, 0.2) is 24.3 Å². The van der Waals surface area contributed by atoms with Gasteiger partial charge in [-0.05, 0) is 44.5 Å². The zero-order valence-corrected chi connectivity index (χ0v) is 14.4. The molecule has 0 radical (unpaired) electrons. The van der Waals surface area contributed by atoms with Crippen LogP contribution >= 0.6 is 0 Å². The van der Waals surface area contributed by atoms with Crippen LogP contribution in [0.5, 0.6) is 5.75 Å². The van der Waals surface area contributed by atoms with Gasteiger partial charge in [0.1, 0.15) is 12.4 Å². The molecule has 24 heavy (non-hydrogen) atoms. The van der Waals surface area contributed by atoms with Gasteiger partial charge in [-0.15, -0.1) is 0 Å². The Bertz CT molecular complexity index is 546. The summed E-state index contributed by atoms with van der Waals surface area (Å²) >= 11 is 0. The first-order valence-electron chi connectivity index (χ1n) is 8.78. The molecule has 1 unspecified atom stereocenters. The third kappa shape index (κ3) is 4.39. The van der Waals surface area contributed by atoms with Gasteiger partial charge in [0.2, 0.25) is 0 Å². The quantitative estimate of drug-likeness (QED) is 0.812. The summed E-state index contributed by atoms with van der Waals surface area (Å²) in [5.74, 6) is 0.737. The third-order valence-electron chi connectivity index (χ3n) is 4.75. The summed E-state index contributed by atoms with van der Waals surface area (Å²) in [7, 11) is 1.64. The van der Waals surface area contributed by atoms with Gasteiger partial charge in [-0.25, -0.2) is 4.79 Å². The van der Waals surface area contributed by atoms with Crippen molar-refractivity contribution < 1.29 is 14.3 Å². The van der Waals surface area contributed by atoms with E-state index in [-0.39, 0.29) is 6.03 Å². The minimum absolute atomic E-state index is 0.0225. The van der Waals surface area contributed by atoms with Crippen molar-refractivity contribution in [1.29, 1.82) is 0 Å². The monoisotopic (exact) mass is 333 g/mol. The molecular weight excluding hydrogens is 306 g/mol. The topological polar surface area (TPSA) is 54.0 Å². The smallest absolute Gasteiger partial charge is 0.321 e. The van der Waals surface area contributed by atoms with Gasteiger partial charge in [0.15, 0.2) is 0 Å². The number of methoxy groups -OCH3 is 1. The number of likely N-dealkylation sites (tertiary alicyclic amines) is 2. The average molecular weight is 333 g/mol. The van der Waals surface area contributed by atoms with Crippen molar-refractivity contribution in [2.75, 3.05) is 51.8 Å². The molecule has 2 aliphatic heterocycles. The molecule has 1 atom stereocenters. The number of hydrogen-bond acceptors (Lipinski definition) is 4. The van der Waals surface area contributed by atoms with Crippen LogP contribution in [0, 0.1) is 0 Å².